The molecule has 18 heavy (non-hydrogen) atoms. The molecule has 1 saturated heterocycles. The van der Waals surface area contributed by atoms with Crippen LogP contribution in [0.15, 0.2) is 18.2 Å². The summed E-state index contributed by atoms with van der Waals surface area (Å²) in [4.78, 5) is 2.28. The van der Waals surface area contributed by atoms with Crippen LogP contribution in [0.4, 0.5) is 15.8 Å². The van der Waals surface area contributed by atoms with Crippen molar-refractivity contribution in [3.05, 3.63) is 24.0 Å². The lowest BCUT2D eigenvalue weighted by Gasteiger charge is -2.33. The van der Waals surface area contributed by atoms with E-state index in [0.29, 0.717) is 11.1 Å². The zero-order valence-electron chi connectivity index (χ0n) is 10.8. The van der Waals surface area contributed by atoms with Gasteiger partial charge in [-0.15, -0.1) is 0 Å². The molecular weight excluding hydrogens is 227 g/mol. The zero-order valence-corrected chi connectivity index (χ0v) is 10.8. The van der Waals surface area contributed by atoms with E-state index in [-0.39, 0.29) is 5.82 Å². The molecule has 98 valence electrons. The van der Waals surface area contributed by atoms with Gasteiger partial charge < -0.3 is 10.6 Å². The molecule has 1 saturated carbocycles. The van der Waals surface area contributed by atoms with Gasteiger partial charge in [0.2, 0.25) is 0 Å². The van der Waals surface area contributed by atoms with Crippen molar-refractivity contribution in [2.24, 2.45) is 5.41 Å². The first-order chi connectivity index (χ1) is 8.70. The van der Waals surface area contributed by atoms with Gasteiger partial charge in [0.25, 0.3) is 0 Å². The first kappa shape index (κ1) is 11.8. The highest BCUT2D eigenvalue weighted by Gasteiger charge is 2.39. The van der Waals surface area contributed by atoms with Crippen LogP contribution in [0.25, 0.3) is 0 Å². The molecule has 0 amide bonds. The van der Waals surface area contributed by atoms with Crippen molar-refractivity contribution in [3.63, 3.8) is 0 Å². The standard InChI is InChI=1S/C15H21FN2/c16-12-5-4-6-13(14(12)17)18-10-9-15(11-18)7-2-1-3-8-15/h4-6H,1-3,7-11,17H2. The highest BCUT2D eigenvalue weighted by atomic mass is 19.1. The van der Waals surface area contributed by atoms with Crippen molar-refractivity contribution in [2.45, 2.75) is 38.5 Å². The number of hydrogen-bond donors (Lipinski definition) is 1. The molecule has 0 atom stereocenters. The maximum atomic E-state index is 13.5. The van der Waals surface area contributed by atoms with Crippen LogP contribution < -0.4 is 10.6 Å². The lowest BCUT2D eigenvalue weighted by Crippen LogP contribution is -2.29. The van der Waals surface area contributed by atoms with Crippen molar-refractivity contribution in [2.75, 3.05) is 23.7 Å². The number of hydrogen-bond acceptors (Lipinski definition) is 2. The smallest absolute Gasteiger partial charge is 0.148 e. The Balaban J connectivity index is 1.81. The van der Waals surface area contributed by atoms with Crippen LogP contribution >= 0.6 is 0 Å². The molecule has 1 spiro atoms. The van der Waals surface area contributed by atoms with Gasteiger partial charge >= 0.3 is 0 Å². The predicted molar refractivity (Wildman–Crippen MR) is 73.2 cm³/mol. The third-order valence-corrected chi connectivity index (χ3v) is 4.72. The Bertz CT molecular complexity index is 438. The summed E-state index contributed by atoms with van der Waals surface area (Å²) >= 11 is 0. The van der Waals surface area contributed by atoms with E-state index in [4.69, 9.17) is 5.73 Å². The molecule has 2 nitrogen and oxygen atoms in total. The number of benzene rings is 1. The number of para-hydroxylation sites is 1. The summed E-state index contributed by atoms with van der Waals surface area (Å²) in [5, 5.41) is 0. The Hall–Kier alpha value is -1.25. The van der Waals surface area contributed by atoms with Crippen LogP contribution in [-0.2, 0) is 0 Å². The number of nitrogens with two attached hydrogens (primary N) is 1. The largest absolute Gasteiger partial charge is 0.395 e. The predicted octanol–water partition coefficient (Wildman–Crippen LogP) is 3.57. The highest BCUT2D eigenvalue weighted by Crippen LogP contribution is 2.45. The summed E-state index contributed by atoms with van der Waals surface area (Å²) in [5.41, 5.74) is 7.54. The van der Waals surface area contributed by atoms with Crippen LogP contribution in [0.2, 0.25) is 0 Å². The van der Waals surface area contributed by atoms with Crippen molar-refractivity contribution < 1.29 is 4.39 Å². The molecule has 2 fully saturated rings. The van der Waals surface area contributed by atoms with E-state index in [1.807, 2.05) is 6.07 Å². The quantitative estimate of drug-likeness (QED) is 0.770. The molecular formula is C15H21FN2. The minimum absolute atomic E-state index is 0.294. The Kier molecular flexibility index (Phi) is 2.92. The molecule has 1 heterocycles. The van der Waals surface area contributed by atoms with Crippen molar-refractivity contribution in [1.82, 2.24) is 0 Å². The van der Waals surface area contributed by atoms with Crippen molar-refractivity contribution in [1.29, 1.82) is 0 Å². The van der Waals surface area contributed by atoms with Crippen LogP contribution in [0.5, 0.6) is 0 Å². The number of anilines is 2. The number of nitrogens with zero attached hydrogens (tertiary/aromatic N) is 1. The topological polar surface area (TPSA) is 29.3 Å². The molecule has 2 aliphatic rings. The second-order valence-electron chi connectivity index (χ2n) is 5.90. The van der Waals surface area contributed by atoms with Crippen molar-refractivity contribution in [3.8, 4) is 0 Å². The Morgan fingerprint density at radius 3 is 2.67 bits per heavy atom. The van der Waals surface area contributed by atoms with Gasteiger partial charge in [0.15, 0.2) is 0 Å². The van der Waals surface area contributed by atoms with Gasteiger partial charge in [0.05, 0.1) is 11.4 Å². The monoisotopic (exact) mass is 248 g/mol. The highest BCUT2D eigenvalue weighted by molar-refractivity contribution is 5.68. The number of nitrogen functional groups attached to an aromatic ring is 1. The van der Waals surface area contributed by atoms with Gasteiger partial charge in [-0.25, -0.2) is 4.39 Å². The Morgan fingerprint density at radius 2 is 1.89 bits per heavy atom. The van der Waals surface area contributed by atoms with E-state index < -0.39 is 0 Å². The van der Waals surface area contributed by atoms with Gasteiger partial charge in [-0.1, -0.05) is 25.3 Å². The summed E-state index contributed by atoms with van der Waals surface area (Å²) in [6.45, 7) is 2.08. The Morgan fingerprint density at radius 1 is 1.11 bits per heavy atom. The van der Waals surface area contributed by atoms with E-state index in [9.17, 15) is 4.39 Å². The minimum atomic E-state index is -0.294. The summed E-state index contributed by atoms with van der Waals surface area (Å²) in [7, 11) is 0. The first-order valence-corrected chi connectivity index (χ1v) is 6.99. The second kappa shape index (κ2) is 4.45. The fraction of sp³-hybridized carbons (Fsp3) is 0.600. The molecule has 3 heteroatoms. The summed E-state index contributed by atoms with van der Waals surface area (Å²) in [6, 6.07) is 5.14. The summed E-state index contributed by atoms with van der Waals surface area (Å²) < 4.78 is 13.5. The van der Waals surface area contributed by atoms with Gasteiger partial charge in [-0.05, 0) is 36.8 Å². The molecule has 2 N–H and O–H groups in total. The fourth-order valence-electron chi connectivity index (χ4n) is 3.65. The van der Waals surface area contributed by atoms with E-state index in [1.54, 1.807) is 6.07 Å². The maximum absolute atomic E-state index is 13.5. The van der Waals surface area contributed by atoms with Gasteiger partial charge in [-0.3, -0.25) is 0 Å². The minimum Gasteiger partial charge on any atom is -0.395 e. The molecule has 0 bridgehead atoms. The molecule has 0 aromatic heterocycles. The average Bonchev–Trinajstić information content (AvgIpc) is 2.77. The lowest BCUT2D eigenvalue weighted by atomic mass is 9.73. The van der Waals surface area contributed by atoms with Crippen molar-refractivity contribution >= 4 is 11.4 Å². The SMILES string of the molecule is Nc1c(F)cccc1N1CCC2(CCCCC2)C1. The second-order valence-corrected chi connectivity index (χ2v) is 5.90. The van der Waals surface area contributed by atoms with E-state index >= 15 is 0 Å². The van der Waals surface area contributed by atoms with Gasteiger partial charge in [0.1, 0.15) is 5.82 Å². The molecule has 1 aromatic carbocycles. The normalized spacial score (nSPS) is 22.6. The van der Waals surface area contributed by atoms with Crippen LogP contribution in [-0.4, -0.2) is 13.1 Å². The molecule has 0 unspecified atom stereocenters. The Labute approximate surface area is 108 Å². The summed E-state index contributed by atoms with van der Waals surface area (Å²) in [5.74, 6) is -0.294. The molecule has 0 radical (unpaired) electrons. The lowest BCUT2D eigenvalue weighted by molar-refractivity contribution is 0.219. The fourth-order valence-corrected chi connectivity index (χ4v) is 3.65. The van der Waals surface area contributed by atoms with Gasteiger partial charge in [-0.2, -0.15) is 0 Å². The molecule has 1 aliphatic heterocycles. The first-order valence-electron chi connectivity index (χ1n) is 6.99. The number of halogens is 1. The van der Waals surface area contributed by atoms with Crippen LogP contribution in [0.1, 0.15) is 38.5 Å². The molecule has 1 aromatic rings. The van der Waals surface area contributed by atoms with E-state index in [1.165, 1.54) is 44.6 Å². The maximum Gasteiger partial charge on any atom is 0.148 e. The van der Waals surface area contributed by atoms with Gasteiger partial charge in [0, 0.05) is 13.1 Å². The van der Waals surface area contributed by atoms with E-state index in [0.717, 1.165) is 18.8 Å². The summed E-state index contributed by atoms with van der Waals surface area (Å²) in [6.07, 6.45) is 7.99. The molecule has 3 rings (SSSR count). The molecule has 1 aliphatic carbocycles. The third kappa shape index (κ3) is 1.96. The third-order valence-electron chi connectivity index (χ3n) is 4.72. The van der Waals surface area contributed by atoms with E-state index in [2.05, 4.69) is 4.90 Å². The number of rotatable bonds is 1. The zero-order chi connectivity index (χ0) is 12.6. The van der Waals surface area contributed by atoms with Crippen LogP contribution in [0, 0.1) is 11.2 Å². The average molecular weight is 248 g/mol. The van der Waals surface area contributed by atoms with Crippen LogP contribution in [0.3, 0.4) is 0 Å².